The molecule has 75 heavy (non-hydrogen) atoms. The molecule has 1 radical (unpaired) electrons. The second-order valence-corrected chi connectivity index (χ2v) is 22.4. The molecule has 1 aromatic rings. The van der Waals surface area contributed by atoms with E-state index in [9.17, 15) is 14.4 Å². The first kappa shape index (κ1) is 70.2. The molecule has 0 aliphatic carbocycles. The Bertz CT molecular complexity index is 1330. The number of nitrogens with one attached hydrogen (secondary N) is 1. The number of carbonyl (C=O) groups excluding carboxylic acids is 3. The zero-order valence-electron chi connectivity index (χ0n) is 49.9. The Labute approximate surface area is 464 Å². The van der Waals surface area contributed by atoms with Gasteiger partial charge in [-0.05, 0) is 31.4 Å². The highest BCUT2D eigenvalue weighted by Crippen LogP contribution is 2.40. The van der Waals surface area contributed by atoms with Crippen LogP contribution in [-0.4, -0.2) is 51.1 Å². The van der Waals surface area contributed by atoms with Crippen molar-refractivity contribution in [2.75, 3.05) is 33.0 Å². The number of hydrogen-bond donors (Lipinski definition) is 1. The molecule has 0 aliphatic rings. The van der Waals surface area contributed by atoms with E-state index in [4.69, 9.17) is 18.9 Å². The first-order valence-electron chi connectivity index (χ1n) is 32.9. The predicted octanol–water partition coefficient (Wildman–Crippen LogP) is 20.8. The Kier molecular flexibility index (Phi) is 53.8. The highest BCUT2D eigenvalue weighted by Gasteiger charge is 2.20. The maximum Gasteiger partial charge on any atom is 0.306 e. The number of hydrogen-bond acceptors (Lipinski definition) is 7. The number of amides is 1. The third-order valence-corrected chi connectivity index (χ3v) is 15.1. The normalized spacial score (nSPS) is 11.3. The highest BCUT2D eigenvalue weighted by molar-refractivity contribution is 5.95. The number of benzene rings is 1. The van der Waals surface area contributed by atoms with Gasteiger partial charge in [-0.25, -0.2) is 0 Å². The molecule has 1 N–H and O–H groups in total. The van der Waals surface area contributed by atoms with Crippen LogP contribution in [0.4, 0.5) is 0 Å². The van der Waals surface area contributed by atoms with Crippen molar-refractivity contribution in [3.8, 4) is 17.2 Å². The summed E-state index contributed by atoms with van der Waals surface area (Å²) >= 11 is 0. The fourth-order valence-electron chi connectivity index (χ4n) is 10.2. The quantitative estimate of drug-likeness (QED) is 0.0512. The van der Waals surface area contributed by atoms with Gasteiger partial charge >= 0.3 is 5.97 Å². The molecule has 0 saturated carbocycles. The van der Waals surface area contributed by atoms with Crippen molar-refractivity contribution in [3.63, 3.8) is 0 Å². The molecule has 0 saturated heterocycles. The Morgan fingerprint density at radius 2 is 0.640 bits per heavy atom. The van der Waals surface area contributed by atoms with Gasteiger partial charge in [-0.1, -0.05) is 310 Å². The van der Waals surface area contributed by atoms with Crippen molar-refractivity contribution in [2.24, 2.45) is 0 Å². The summed E-state index contributed by atoms with van der Waals surface area (Å²) in [4.78, 5) is 36.1. The molecule has 0 atom stereocenters. The average Bonchev–Trinajstić information content (AvgIpc) is 3.42. The van der Waals surface area contributed by atoms with E-state index in [2.05, 4.69) is 26.1 Å². The molecule has 0 bridgehead atoms. The lowest BCUT2D eigenvalue weighted by atomic mass is 10.0. The lowest BCUT2D eigenvalue weighted by Gasteiger charge is -2.19. The maximum atomic E-state index is 13.6. The first-order valence-corrected chi connectivity index (χ1v) is 32.9. The van der Waals surface area contributed by atoms with E-state index in [0.29, 0.717) is 42.6 Å². The van der Waals surface area contributed by atoms with E-state index in [1.54, 1.807) is 18.4 Å². The van der Waals surface area contributed by atoms with Crippen LogP contribution in [0.5, 0.6) is 17.2 Å². The Hall–Kier alpha value is -2.77. The van der Waals surface area contributed by atoms with E-state index >= 15 is 0 Å². The summed E-state index contributed by atoms with van der Waals surface area (Å²) in [5, 5.41) is 2.89. The number of unbranched alkanes of at least 4 members (excludes halogenated alkanes) is 45. The van der Waals surface area contributed by atoms with Crippen LogP contribution in [0.1, 0.15) is 352 Å². The van der Waals surface area contributed by atoms with Crippen LogP contribution in [0.2, 0.25) is 0 Å². The van der Waals surface area contributed by atoms with Crippen molar-refractivity contribution in [1.82, 2.24) is 5.32 Å². The van der Waals surface area contributed by atoms with E-state index in [1.807, 2.05) is 0 Å². The molecule has 1 amide bonds. The zero-order chi connectivity index (χ0) is 54.0. The monoisotopic (exact) mass is 1050 g/mol. The molecule has 0 aliphatic heterocycles. The Morgan fingerprint density at radius 3 is 0.920 bits per heavy atom. The second-order valence-electron chi connectivity index (χ2n) is 22.4. The van der Waals surface area contributed by atoms with Gasteiger partial charge in [-0.15, -0.1) is 0 Å². The molecule has 0 fully saturated rings. The van der Waals surface area contributed by atoms with Gasteiger partial charge in [-0.3, -0.25) is 14.4 Å². The predicted molar refractivity (Wildman–Crippen MR) is 320 cm³/mol. The standard InChI is InChI=1S/C67H122NO7/c1-4-7-10-13-16-19-22-25-28-31-34-37-40-43-46-49-56-72-63-60-62(67(71)68-54-59-74-65(70)53-52-55-69)61-64(73-57-50-47-44-41-38-35-32-29-26-23-20-17-14-11-8-5-2)66(63)75-58-51-48-45-42-39-36-33-30-27-24-21-18-15-12-9-6-3/h60-61H,4-54,56-59H2,1-3H3,(H,68,71). The molecule has 1 aromatic carbocycles. The van der Waals surface area contributed by atoms with Crippen molar-refractivity contribution < 1.29 is 33.3 Å². The van der Waals surface area contributed by atoms with Crippen LogP contribution < -0.4 is 19.5 Å². The van der Waals surface area contributed by atoms with Crippen LogP contribution in [0, 0.1) is 0 Å². The molecule has 0 spiro atoms. The molecule has 437 valence electrons. The summed E-state index contributed by atoms with van der Waals surface area (Å²) in [5.41, 5.74) is 0.426. The lowest BCUT2D eigenvalue weighted by molar-refractivity contribution is -0.143. The average molecular weight is 1050 g/mol. The topological polar surface area (TPSA) is 100 Å². The molecule has 0 aromatic heterocycles. The van der Waals surface area contributed by atoms with Crippen molar-refractivity contribution in [2.45, 2.75) is 342 Å². The summed E-state index contributed by atoms with van der Waals surface area (Å²) < 4.78 is 24.8. The summed E-state index contributed by atoms with van der Waals surface area (Å²) in [5.74, 6) is 0.933. The van der Waals surface area contributed by atoms with Gasteiger partial charge in [0.1, 0.15) is 6.61 Å². The largest absolute Gasteiger partial charge is 0.490 e. The lowest BCUT2D eigenvalue weighted by Crippen LogP contribution is -2.28. The molecular formula is C67H122NO7. The van der Waals surface area contributed by atoms with Gasteiger partial charge in [0.05, 0.1) is 32.8 Å². The third kappa shape index (κ3) is 47.0. The number of carbonyl (C=O) groups is 2. The minimum Gasteiger partial charge on any atom is -0.490 e. The van der Waals surface area contributed by atoms with Crippen LogP contribution >= 0.6 is 0 Å². The number of ether oxygens (including phenoxy) is 4. The SMILES string of the molecule is CCCCCCCCCCCCCCCCCCOc1cc(C(=O)NCCOC(=O)CC[C]=O)cc(OCCCCCCCCCCCCCCCCCC)c1OCCCCCCCCCCCCCCCCCC. The fourth-order valence-corrected chi connectivity index (χ4v) is 10.2. The molecule has 1 rings (SSSR count). The van der Waals surface area contributed by atoms with E-state index in [1.165, 1.54) is 270 Å². The van der Waals surface area contributed by atoms with Gasteiger partial charge in [0.25, 0.3) is 5.91 Å². The van der Waals surface area contributed by atoms with Crippen LogP contribution in [0.25, 0.3) is 0 Å². The van der Waals surface area contributed by atoms with E-state index in [-0.39, 0.29) is 31.9 Å². The van der Waals surface area contributed by atoms with Crippen LogP contribution in [0.15, 0.2) is 12.1 Å². The van der Waals surface area contributed by atoms with E-state index in [0.717, 1.165) is 38.5 Å². The molecule has 0 unspecified atom stereocenters. The number of rotatable bonds is 61. The molecule has 0 heterocycles. The van der Waals surface area contributed by atoms with Crippen molar-refractivity contribution in [1.29, 1.82) is 0 Å². The summed E-state index contributed by atoms with van der Waals surface area (Å²) in [6, 6.07) is 3.58. The minimum atomic E-state index is -0.479. The van der Waals surface area contributed by atoms with E-state index < -0.39 is 5.97 Å². The summed E-state index contributed by atoms with van der Waals surface area (Å²) in [6.45, 7) is 8.70. The van der Waals surface area contributed by atoms with Crippen LogP contribution in [-0.2, 0) is 14.3 Å². The second kappa shape index (κ2) is 57.4. The van der Waals surface area contributed by atoms with Gasteiger partial charge < -0.3 is 24.3 Å². The van der Waals surface area contributed by atoms with Crippen molar-refractivity contribution in [3.05, 3.63) is 17.7 Å². The Morgan fingerprint density at radius 1 is 0.373 bits per heavy atom. The maximum absolute atomic E-state index is 13.6. The fraction of sp³-hybridized carbons (Fsp3) is 0.866. The van der Waals surface area contributed by atoms with Crippen LogP contribution in [0.3, 0.4) is 0 Å². The third-order valence-electron chi connectivity index (χ3n) is 15.1. The minimum absolute atomic E-state index is 0.00349. The first-order chi connectivity index (χ1) is 37.1. The van der Waals surface area contributed by atoms with Crippen molar-refractivity contribution >= 4 is 18.2 Å². The zero-order valence-corrected chi connectivity index (χ0v) is 49.9. The smallest absolute Gasteiger partial charge is 0.306 e. The highest BCUT2D eigenvalue weighted by atomic mass is 16.5. The van der Waals surface area contributed by atoms with Gasteiger partial charge in [-0.2, -0.15) is 0 Å². The molecule has 8 nitrogen and oxygen atoms in total. The summed E-state index contributed by atoms with van der Waals surface area (Å²) in [6.07, 6.45) is 65.0. The molecular weight excluding hydrogens is 931 g/mol. The summed E-state index contributed by atoms with van der Waals surface area (Å²) in [7, 11) is 0. The van der Waals surface area contributed by atoms with Gasteiger partial charge in [0, 0.05) is 12.0 Å². The Balaban J connectivity index is 2.77. The number of esters is 1. The van der Waals surface area contributed by atoms with Gasteiger partial charge in [0.15, 0.2) is 17.8 Å². The van der Waals surface area contributed by atoms with Gasteiger partial charge in [0.2, 0.25) is 5.75 Å². The molecule has 8 heteroatoms.